The minimum Gasteiger partial charge on any atom is -0.506 e. The van der Waals surface area contributed by atoms with Crippen LogP contribution >= 0.6 is 0 Å². The summed E-state index contributed by atoms with van der Waals surface area (Å²) in [5.41, 5.74) is 2.46. The maximum atomic E-state index is 12.2. The number of aryl methyl sites for hydroxylation is 1. The van der Waals surface area contributed by atoms with E-state index in [1.54, 1.807) is 6.07 Å². The fourth-order valence-corrected chi connectivity index (χ4v) is 2.82. The molecule has 0 aliphatic heterocycles. The number of ketones is 1. The molecule has 1 aromatic heterocycles. The van der Waals surface area contributed by atoms with Gasteiger partial charge in [-0.3, -0.25) is 9.59 Å². The maximum Gasteiger partial charge on any atom is 0.303 e. The lowest BCUT2D eigenvalue weighted by molar-refractivity contribution is -0.136. The number of benzene rings is 2. The number of carbonyl (C=O) groups excluding carboxylic acids is 1. The van der Waals surface area contributed by atoms with Gasteiger partial charge in [0.25, 0.3) is 0 Å². The molecule has 0 radical (unpaired) electrons. The Balaban J connectivity index is 2.08. The molecule has 0 aliphatic rings. The number of hydrogen-bond acceptors (Lipinski definition) is 4. The van der Waals surface area contributed by atoms with Crippen LogP contribution in [0.15, 0.2) is 48.5 Å². The lowest BCUT2D eigenvalue weighted by Gasteiger charge is -2.10. The zero-order valence-corrected chi connectivity index (χ0v) is 13.7. The summed E-state index contributed by atoms with van der Waals surface area (Å²) in [6, 6.07) is 14.9. The monoisotopic (exact) mass is 335 g/mol. The van der Waals surface area contributed by atoms with Crippen molar-refractivity contribution in [2.45, 2.75) is 19.8 Å². The quantitative estimate of drug-likeness (QED) is 0.689. The molecule has 0 amide bonds. The summed E-state index contributed by atoms with van der Waals surface area (Å²) in [5.74, 6) is -1.79. The van der Waals surface area contributed by atoms with Crippen molar-refractivity contribution in [2.75, 3.05) is 0 Å². The summed E-state index contributed by atoms with van der Waals surface area (Å²) in [6.07, 6.45) is -0.494. The number of nitrogens with zero attached hydrogens (tertiary/aromatic N) is 1. The van der Waals surface area contributed by atoms with Gasteiger partial charge >= 0.3 is 5.97 Å². The number of carbonyl (C=O) groups is 2. The van der Waals surface area contributed by atoms with Crippen molar-refractivity contribution in [1.82, 2.24) is 4.98 Å². The van der Waals surface area contributed by atoms with Gasteiger partial charge in [-0.2, -0.15) is 0 Å². The van der Waals surface area contributed by atoms with E-state index < -0.39 is 11.8 Å². The predicted molar refractivity (Wildman–Crippen MR) is 94.8 cm³/mol. The van der Waals surface area contributed by atoms with Crippen LogP contribution in [0.4, 0.5) is 0 Å². The molecule has 2 N–H and O–H groups in total. The molecule has 3 aromatic rings. The first-order chi connectivity index (χ1) is 12.0. The highest BCUT2D eigenvalue weighted by Gasteiger charge is 2.17. The van der Waals surface area contributed by atoms with E-state index >= 15 is 0 Å². The van der Waals surface area contributed by atoms with E-state index in [2.05, 4.69) is 4.98 Å². The maximum absolute atomic E-state index is 12.2. The molecule has 0 spiro atoms. The molecule has 0 saturated carbocycles. The highest BCUT2D eigenvalue weighted by molar-refractivity contribution is 6.00. The van der Waals surface area contributed by atoms with Crippen molar-refractivity contribution in [3.8, 4) is 17.0 Å². The SMILES string of the molecule is Cc1ccc(-c2ccc(O)c(C(=O)CCC(=O)O)n2)c2ccccc12. The molecule has 0 unspecified atom stereocenters. The molecule has 0 aliphatic carbocycles. The highest BCUT2D eigenvalue weighted by atomic mass is 16.4. The van der Waals surface area contributed by atoms with E-state index in [0.29, 0.717) is 5.69 Å². The summed E-state index contributed by atoms with van der Waals surface area (Å²) < 4.78 is 0. The number of rotatable bonds is 5. The zero-order chi connectivity index (χ0) is 18.0. The second-order valence-electron chi connectivity index (χ2n) is 5.86. The first kappa shape index (κ1) is 16.6. The lowest BCUT2D eigenvalue weighted by Crippen LogP contribution is -2.07. The standard InChI is InChI=1S/C20H17NO4/c1-12-6-7-15(14-5-3-2-4-13(12)14)16-8-9-17(22)20(21-16)18(23)10-11-19(24)25/h2-9,22H,10-11H2,1H3,(H,24,25). The third-order valence-electron chi connectivity index (χ3n) is 4.12. The smallest absolute Gasteiger partial charge is 0.303 e. The van der Waals surface area contributed by atoms with Gasteiger partial charge in [-0.05, 0) is 35.4 Å². The van der Waals surface area contributed by atoms with Gasteiger partial charge in [-0.1, -0.05) is 36.4 Å². The zero-order valence-electron chi connectivity index (χ0n) is 13.7. The Labute approximate surface area is 144 Å². The van der Waals surface area contributed by atoms with Crippen LogP contribution in [0.2, 0.25) is 0 Å². The fraction of sp³-hybridized carbons (Fsp3) is 0.150. The first-order valence-corrected chi connectivity index (χ1v) is 7.91. The van der Waals surface area contributed by atoms with Crippen LogP contribution in [-0.4, -0.2) is 26.9 Å². The fourth-order valence-electron chi connectivity index (χ4n) is 2.82. The summed E-state index contributed by atoms with van der Waals surface area (Å²) in [5, 5.41) is 20.8. The molecule has 2 aromatic carbocycles. The number of hydrogen-bond donors (Lipinski definition) is 2. The number of aromatic nitrogens is 1. The molecule has 0 fully saturated rings. The van der Waals surface area contributed by atoms with Gasteiger partial charge in [0.1, 0.15) is 11.4 Å². The number of carboxylic acids is 1. The Morgan fingerprint density at radius 2 is 1.68 bits per heavy atom. The second kappa shape index (κ2) is 6.73. The molecular weight excluding hydrogens is 318 g/mol. The largest absolute Gasteiger partial charge is 0.506 e. The minimum atomic E-state index is -1.06. The van der Waals surface area contributed by atoms with Crippen LogP contribution in [0.3, 0.4) is 0 Å². The van der Waals surface area contributed by atoms with E-state index in [-0.39, 0.29) is 24.3 Å². The Hall–Kier alpha value is -3.21. The van der Waals surface area contributed by atoms with Crippen LogP contribution in [-0.2, 0) is 4.79 Å². The van der Waals surface area contributed by atoms with Gasteiger partial charge < -0.3 is 10.2 Å². The molecule has 3 rings (SSSR count). The summed E-state index contributed by atoms with van der Waals surface area (Å²) in [6.45, 7) is 2.03. The van der Waals surface area contributed by atoms with Crippen molar-refractivity contribution in [3.63, 3.8) is 0 Å². The van der Waals surface area contributed by atoms with Gasteiger partial charge in [0.2, 0.25) is 0 Å². The van der Waals surface area contributed by atoms with Crippen molar-refractivity contribution in [1.29, 1.82) is 0 Å². The van der Waals surface area contributed by atoms with Crippen LogP contribution < -0.4 is 0 Å². The highest BCUT2D eigenvalue weighted by Crippen LogP contribution is 2.31. The third-order valence-corrected chi connectivity index (χ3v) is 4.12. The van der Waals surface area contributed by atoms with E-state index in [1.807, 2.05) is 43.3 Å². The van der Waals surface area contributed by atoms with Crippen molar-refractivity contribution in [2.24, 2.45) is 0 Å². The van der Waals surface area contributed by atoms with Gasteiger partial charge in [0, 0.05) is 12.0 Å². The number of aromatic hydroxyl groups is 1. The molecule has 5 heteroatoms. The summed E-state index contributed by atoms with van der Waals surface area (Å²) in [7, 11) is 0. The van der Waals surface area contributed by atoms with Crippen LogP contribution in [0, 0.1) is 6.92 Å². The normalized spacial score (nSPS) is 10.8. The topological polar surface area (TPSA) is 87.5 Å². The first-order valence-electron chi connectivity index (χ1n) is 7.91. The van der Waals surface area contributed by atoms with Crippen LogP contribution in [0.1, 0.15) is 28.9 Å². The Kier molecular flexibility index (Phi) is 4.48. The Bertz CT molecular complexity index is 979. The van der Waals surface area contributed by atoms with Crippen molar-refractivity contribution >= 4 is 22.5 Å². The van der Waals surface area contributed by atoms with Gasteiger partial charge in [-0.25, -0.2) is 4.98 Å². The molecule has 0 saturated heterocycles. The minimum absolute atomic E-state index is 0.0941. The molecule has 25 heavy (non-hydrogen) atoms. The predicted octanol–water partition coefficient (Wildman–Crippen LogP) is 3.96. The van der Waals surface area contributed by atoms with Gasteiger partial charge in [0.15, 0.2) is 5.78 Å². The average molecular weight is 335 g/mol. The van der Waals surface area contributed by atoms with E-state index in [0.717, 1.165) is 21.9 Å². The number of pyridine rings is 1. The van der Waals surface area contributed by atoms with Crippen LogP contribution in [0.25, 0.3) is 22.0 Å². The van der Waals surface area contributed by atoms with Gasteiger partial charge in [0.05, 0.1) is 12.1 Å². The van der Waals surface area contributed by atoms with E-state index in [1.165, 1.54) is 6.07 Å². The molecule has 126 valence electrons. The molecule has 1 heterocycles. The molecule has 0 bridgehead atoms. The van der Waals surface area contributed by atoms with Gasteiger partial charge in [-0.15, -0.1) is 0 Å². The number of fused-ring (bicyclic) bond motifs is 1. The van der Waals surface area contributed by atoms with Crippen molar-refractivity contribution < 1.29 is 19.8 Å². The Morgan fingerprint density at radius 3 is 2.40 bits per heavy atom. The number of Topliss-reactive ketones (excluding diaryl/α,β-unsaturated/α-hetero) is 1. The number of carboxylic acid groups (broad SMARTS) is 1. The van der Waals surface area contributed by atoms with E-state index in [9.17, 15) is 14.7 Å². The third kappa shape index (κ3) is 3.35. The lowest BCUT2D eigenvalue weighted by atomic mass is 9.98. The molecule has 5 nitrogen and oxygen atoms in total. The molecule has 0 atom stereocenters. The summed E-state index contributed by atoms with van der Waals surface area (Å²) in [4.78, 5) is 27.1. The molecular formula is C20H17NO4. The average Bonchev–Trinajstić information content (AvgIpc) is 2.61. The summed E-state index contributed by atoms with van der Waals surface area (Å²) >= 11 is 0. The van der Waals surface area contributed by atoms with Crippen LogP contribution in [0.5, 0.6) is 5.75 Å². The second-order valence-corrected chi connectivity index (χ2v) is 5.86. The number of aliphatic carboxylic acids is 1. The Morgan fingerprint density at radius 1 is 0.960 bits per heavy atom. The van der Waals surface area contributed by atoms with Crippen molar-refractivity contribution in [3.05, 3.63) is 59.8 Å². The van der Waals surface area contributed by atoms with E-state index in [4.69, 9.17) is 5.11 Å².